The van der Waals surface area contributed by atoms with E-state index in [0.29, 0.717) is 44.2 Å². The van der Waals surface area contributed by atoms with E-state index in [0.717, 1.165) is 43.6 Å². The molecule has 4 heterocycles. The highest BCUT2D eigenvalue weighted by Gasteiger charge is 2.25. The van der Waals surface area contributed by atoms with Gasteiger partial charge in [0.2, 0.25) is 11.8 Å². The SMILES string of the molecule is CCOc1ccc(C(=O)N2CCN(c3nc(C)cc(N4CCN(C)CC4)n3)CC2)cn1. The maximum absolute atomic E-state index is 12.8. The molecular weight excluding hydrogens is 394 g/mol. The fourth-order valence-corrected chi connectivity index (χ4v) is 3.91. The topological polar surface area (TPSA) is 77.9 Å². The van der Waals surface area contributed by atoms with Crippen LogP contribution in [0.4, 0.5) is 11.8 Å². The van der Waals surface area contributed by atoms with Crippen molar-refractivity contribution >= 4 is 17.7 Å². The highest BCUT2D eigenvalue weighted by atomic mass is 16.5. The quantitative estimate of drug-likeness (QED) is 0.709. The van der Waals surface area contributed by atoms with Gasteiger partial charge in [0, 0.05) is 76.4 Å². The second-order valence-corrected chi connectivity index (χ2v) is 8.06. The van der Waals surface area contributed by atoms with E-state index in [9.17, 15) is 4.79 Å². The molecule has 2 aliphatic heterocycles. The van der Waals surface area contributed by atoms with Crippen molar-refractivity contribution in [1.29, 1.82) is 0 Å². The van der Waals surface area contributed by atoms with E-state index in [1.807, 2.05) is 18.7 Å². The number of anilines is 2. The Bertz CT molecular complexity index is 889. The normalized spacial score (nSPS) is 17.7. The van der Waals surface area contributed by atoms with Gasteiger partial charge in [-0.15, -0.1) is 0 Å². The monoisotopic (exact) mass is 425 g/mol. The van der Waals surface area contributed by atoms with Crippen molar-refractivity contribution in [2.24, 2.45) is 0 Å². The highest BCUT2D eigenvalue weighted by Crippen LogP contribution is 2.20. The molecule has 2 aromatic rings. The third-order valence-electron chi connectivity index (χ3n) is 5.78. The van der Waals surface area contributed by atoms with Gasteiger partial charge in [0.25, 0.3) is 5.91 Å². The summed E-state index contributed by atoms with van der Waals surface area (Å²) in [5.74, 6) is 2.29. The van der Waals surface area contributed by atoms with Crippen LogP contribution < -0.4 is 14.5 Å². The first-order chi connectivity index (χ1) is 15.0. The summed E-state index contributed by atoms with van der Waals surface area (Å²) >= 11 is 0. The van der Waals surface area contributed by atoms with Gasteiger partial charge in [-0.05, 0) is 27.0 Å². The Morgan fingerprint density at radius 1 is 1.00 bits per heavy atom. The molecule has 0 bridgehead atoms. The molecule has 0 saturated carbocycles. The molecular formula is C22H31N7O2. The number of nitrogens with zero attached hydrogens (tertiary/aromatic N) is 7. The van der Waals surface area contributed by atoms with E-state index in [1.54, 1.807) is 18.3 Å². The summed E-state index contributed by atoms with van der Waals surface area (Å²) < 4.78 is 5.36. The number of pyridine rings is 1. The molecule has 4 rings (SSSR count). The zero-order chi connectivity index (χ0) is 21.8. The molecule has 31 heavy (non-hydrogen) atoms. The fraction of sp³-hybridized carbons (Fsp3) is 0.545. The van der Waals surface area contributed by atoms with Crippen LogP contribution in [0.5, 0.6) is 5.88 Å². The predicted octanol–water partition coefficient (Wildman–Crippen LogP) is 1.29. The summed E-state index contributed by atoms with van der Waals surface area (Å²) in [7, 11) is 2.15. The van der Waals surface area contributed by atoms with Crippen molar-refractivity contribution in [2.75, 3.05) is 75.8 Å². The number of aromatic nitrogens is 3. The zero-order valence-corrected chi connectivity index (χ0v) is 18.6. The van der Waals surface area contributed by atoms with Crippen LogP contribution in [0.25, 0.3) is 0 Å². The molecule has 0 aliphatic carbocycles. The second kappa shape index (κ2) is 9.47. The van der Waals surface area contributed by atoms with Crippen LogP contribution in [0.3, 0.4) is 0 Å². The van der Waals surface area contributed by atoms with Crippen LogP contribution in [0.1, 0.15) is 23.0 Å². The molecule has 0 radical (unpaired) electrons. The molecule has 2 aliphatic rings. The average Bonchev–Trinajstić information content (AvgIpc) is 2.79. The third kappa shape index (κ3) is 5.04. The lowest BCUT2D eigenvalue weighted by molar-refractivity contribution is 0.0745. The molecule has 0 spiro atoms. The smallest absolute Gasteiger partial charge is 0.255 e. The van der Waals surface area contributed by atoms with Gasteiger partial charge < -0.3 is 24.3 Å². The van der Waals surface area contributed by atoms with Gasteiger partial charge in [0.1, 0.15) is 5.82 Å². The average molecular weight is 426 g/mol. The summed E-state index contributed by atoms with van der Waals surface area (Å²) in [5.41, 5.74) is 1.55. The van der Waals surface area contributed by atoms with Gasteiger partial charge >= 0.3 is 0 Å². The number of hydrogen-bond donors (Lipinski definition) is 0. The lowest BCUT2D eigenvalue weighted by Gasteiger charge is -2.36. The minimum Gasteiger partial charge on any atom is -0.478 e. The first-order valence-corrected chi connectivity index (χ1v) is 11.0. The van der Waals surface area contributed by atoms with Gasteiger partial charge in [-0.25, -0.2) is 9.97 Å². The third-order valence-corrected chi connectivity index (χ3v) is 5.78. The molecule has 0 unspecified atom stereocenters. The number of ether oxygens (including phenoxy) is 1. The summed E-state index contributed by atoms with van der Waals surface area (Å²) in [5, 5.41) is 0. The van der Waals surface area contributed by atoms with Crippen LogP contribution >= 0.6 is 0 Å². The minimum absolute atomic E-state index is 0.00140. The first kappa shape index (κ1) is 21.3. The van der Waals surface area contributed by atoms with Gasteiger partial charge in [0.05, 0.1) is 12.2 Å². The first-order valence-electron chi connectivity index (χ1n) is 11.0. The lowest BCUT2D eigenvalue weighted by atomic mass is 10.2. The molecule has 166 valence electrons. The number of hydrogen-bond acceptors (Lipinski definition) is 8. The van der Waals surface area contributed by atoms with E-state index >= 15 is 0 Å². The molecule has 2 saturated heterocycles. The van der Waals surface area contributed by atoms with E-state index in [-0.39, 0.29) is 5.91 Å². The van der Waals surface area contributed by atoms with Gasteiger partial charge in [-0.2, -0.15) is 4.98 Å². The second-order valence-electron chi connectivity index (χ2n) is 8.06. The maximum Gasteiger partial charge on any atom is 0.255 e. The molecule has 2 aromatic heterocycles. The van der Waals surface area contributed by atoms with E-state index < -0.39 is 0 Å². The number of carbonyl (C=O) groups excluding carboxylic acids is 1. The standard InChI is InChI=1S/C22H31N7O2/c1-4-31-20-6-5-18(16-23-20)21(30)28-11-13-29(14-12-28)22-24-17(2)15-19(25-22)27-9-7-26(3)8-10-27/h5-6,15-16H,4,7-14H2,1-3H3. The molecule has 0 N–H and O–H groups in total. The summed E-state index contributed by atoms with van der Waals surface area (Å²) in [6.45, 7) is 11.2. The number of piperazine rings is 2. The van der Waals surface area contributed by atoms with Crippen molar-refractivity contribution in [3.63, 3.8) is 0 Å². The zero-order valence-electron chi connectivity index (χ0n) is 18.6. The van der Waals surface area contributed by atoms with Crippen LogP contribution in [0, 0.1) is 6.92 Å². The Balaban J connectivity index is 1.38. The van der Waals surface area contributed by atoms with Crippen LogP contribution in [0.15, 0.2) is 24.4 Å². The number of amides is 1. The van der Waals surface area contributed by atoms with E-state index in [1.165, 1.54) is 0 Å². The van der Waals surface area contributed by atoms with E-state index in [2.05, 4.69) is 37.8 Å². The molecule has 0 atom stereocenters. The molecule has 9 nitrogen and oxygen atoms in total. The summed E-state index contributed by atoms with van der Waals surface area (Å²) in [4.78, 5) is 35.3. The fourth-order valence-electron chi connectivity index (χ4n) is 3.91. The number of likely N-dealkylation sites (N-methyl/N-ethyl adjacent to an activating group) is 1. The highest BCUT2D eigenvalue weighted by molar-refractivity contribution is 5.94. The Morgan fingerprint density at radius 2 is 1.71 bits per heavy atom. The summed E-state index contributed by atoms with van der Waals surface area (Å²) in [6, 6.07) is 5.58. The molecule has 9 heteroatoms. The van der Waals surface area contributed by atoms with Crippen molar-refractivity contribution in [3.8, 4) is 5.88 Å². The van der Waals surface area contributed by atoms with Crippen molar-refractivity contribution in [3.05, 3.63) is 35.7 Å². The molecule has 2 fully saturated rings. The Morgan fingerprint density at radius 3 is 2.35 bits per heavy atom. The van der Waals surface area contributed by atoms with Crippen molar-refractivity contribution in [2.45, 2.75) is 13.8 Å². The predicted molar refractivity (Wildman–Crippen MR) is 120 cm³/mol. The minimum atomic E-state index is -0.00140. The van der Waals surface area contributed by atoms with Crippen LogP contribution in [-0.2, 0) is 0 Å². The molecule has 0 aromatic carbocycles. The summed E-state index contributed by atoms with van der Waals surface area (Å²) in [6.07, 6.45) is 1.59. The number of rotatable bonds is 5. The van der Waals surface area contributed by atoms with Gasteiger partial charge in [0.15, 0.2) is 0 Å². The Kier molecular flexibility index (Phi) is 6.50. The number of carbonyl (C=O) groups is 1. The molecule has 1 amide bonds. The van der Waals surface area contributed by atoms with Crippen LogP contribution in [0.2, 0.25) is 0 Å². The lowest BCUT2D eigenvalue weighted by Crippen LogP contribution is -2.49. The van der Waals surface area contributed by atoms with Crippen molar-refractivity contribution in [1.82, 2.24) is 24.8 Å². The van der Waals surface area contributed by atoms with Gasteiger partial charge in [-0.3, -0.25) is 4.79 Å². The van der Waals surface area contributed by atoms with E-state index in [4.69, 9.17) is 9.72 Å². The number of aryl methyl sites for hydroxylation is 1. The Labute approximate surface area is 183 Å². The largest absolute Gasteiger partial charge is 0.478 e. The maximum atomic E-state index is 12.8. The van der Waals surface area contributed by atoms with Gasteiger partial charge in [-0.1, -0.05) is 0 Å². The van der Waals surface area contributed by atoms with Crippen molar-refractivity contribution < 1.29 is 9.53 Å². The Hall–Kier alpha value is -2.94. The van der Waals surface area contributed by atoms with Crippen LogP contribution in [-0.4, -0.2) is 96.7 Å².